The molecule has 1 amide bonds. The van der Waals surface area contributed by atoms with Crippen molar-refractivity contribution in [2.45, 2.75) is 38.4 Å². The Morgan fingerprint density at radius 3 is 2.43 bits per heavy atom. The summed E-state index contributed by atoms with van der Waals surface area (Å²) < 4.78 is 39.0. The van der Waals surface area contributed by atoms with Crippen LogP contribution in [0.4, 0.5) is 13.2 Å². The molecule has 1 saturated carbocycles. The first-order chi connectivity index (χ1) is 9.86. The monoisotopic (exact) mass is 301 g/mol. The lowest BCUT2D eigenvalue weighted by Crippen LogP contribution is -2.40. The average molecular weight is 301 g/mol. The Hall–Kier alpha value is -1.53. The van der Waals surface area contributed by atoms with Gasteiger partial charge in [-0.3, -0.25) is 9.48 Å². The largest absolute Gasteiger partial charge is 0.435 e. The third-order valence-electron chi connectivity index (χ3n) is 4.48. The molecule has 1 aromatic rings. The number of likely N-dealkylation sites (tertiary alicyclic amines) is 1. The number of hydrogen-bond acceptors (Lipinski definition) is 2. The quantitative estimate of drug-likeness (QED) is 0.842. The zero-order valence-electron chi connectivity index (χ0n) is 11.8. The third-order valence-corrected chi connectivity index (χ3v) is 4.48. The van der Waals surface area contributed by atoms with Gasteiger partial charge in [-0.25, -0.2) is 0 Å². The zero-order valence-corrected chi connectivity index (χ0v) is 11.8. The maximum atomic E-state index is 12.5. The van der Waals surface area contributed by atoms with Gasteiger partial charge >= 0.3 is 6.18 Å². The van der Waals surface area contributed by atoms with Gasteiger partial charge < -0.3 is 4.90 Å². The molecular formula is C14H18F3N3O. The van der Waals surface area contributed by atoms with E-state index in [2.05, 4.69) is 12.0 Å². The first-order valence-electron chi connectivity index (χ1n) is 7.27. The predicted octanol–water partition coefficient (Wildman–Crippen LogP) is 2.72. The van der Waals surface area contributed by atoms with Crippen LogP contribution in [0.25, 0.3) is 0 Å². The molecule has 0 radical (unpaired) electrons. The van der Waals surface area contributed by atoms with E-state index in [9.17, 15) is 18.0 Å². The van der Waals surface area contributed by atoms with Gasteiger partial charge in [0, 0.05) is 25.2 Å². The van der Waals surface area contributed by atoms with Crippen LogP contribution in [0.15, 0.2) is 12.3 Å². The zero-order chi connectivity index (χ0) is 15.2. The Kier molecular flexibility index (Phi) is 3.45. The van der Waals surface area contributed by atoms with Crippen LogP contribution in [-0.2, 0) is 11.0 Å². The number of nitrogens with zero attached hydrogens (tertiary/aromatic N) is 3. The van der Waals surface area contributed by atoms with Gasteiger partial charge in [0.05, 0.1) is 6.04 Å². The number of carbonyl (C=O) groups excluding carboxylic acids is 1. The summed E-state index contributed by atoms with van der Waals surface area (Å²) in [4.78, 5) is 14.0. The van der Waals surface area contributed by atoms with E-state index in [-0.39, 0.29) is 17.9 Å². The summed E-state index contributed by atoms with van der Waals surface area (Å²) in [6.45, 7) is 3.28. The summed E-state index contributed by atoms with van der Waals surface area (Å²) >= 11 is 0. The summed E-state index contributed by atoms with van der Waals surface area (Å²) in [7, 11) is 0. The molecule has 0 N–H and O–H groups in total. The Balaban J connectivity index is 1.58. The van der Waals surface area contributed by atoms with Crippen molar-refractivity contribution in [2.75, 3.05) is 13.1 Å². The Morgan fingerprint density at radius 1 is 1.33 bits per heavy atom. The number of alkyl halides is 3. The highest BCUT2D eigenvalue weighted by Gasteiger charge is 2.42. The number of halogens is 3. The first-order valence-corrected chi connectivity index (χ1v) is 7.27. The summed E-state index contributed by atoms with van der Waals surface area (Å²) in [5, 5.41) is 3.62. The Morgan fingerprint density at radius 2 is 1.95 bits per heavy atom. The number of amides is 1. The van der Waals surface area contributed by atoms with Gasteiger partial charge in [0.15, 0.2) is 5.69 Å². The molecule has 21 heavy (non-hydrogen) atoms. The van der Waals surface area contributed by atoms with E-state index in [0.717, 1.165) is 12.5 Å². The van der Waals surface area contributed by atoms with Crippen molar-refractivity contribution in [3.63, 3.8) is 0 Å². The van der Waals surface area contributed by atoms with E-state index in [4.69, 9.17) is 0 Å². The van der Waals surface area contributed by atoms with Crippen LogP contribution in [0, 0.1) is 11.8 Å². The van der Waals surface area contributed by atoms with Crippen molar-refractivity contribution in [3.8, 4) is 0 Å². The maximum Gasteiger partial charge on any atom is 0.435 e. The van der Waals surface area contributed by atoms with Gasteiger partial charge in [-0.05, 0) is 31.2 Å². The molecule has 2 fully saturated rings. The fourth-order valence-electron chi connectivity index (χ4n) is 2.94. The first kappa shape index (κ1) is 14.4. The molecule has 0 bridgehead atoms. The topological polar surface area (TPSA) is 38.1 Å². The summed E-state index contributed by atoms with van der Waals surface area (Å²) in [5.41, 5.74) is -0.854. The maximum absolute atomic E-state index is 12.5. The van der Waals surface area contributed by atoms with Crippen molar-refractivity contribution in [2.24, 2.45) is 11.8 Å². The minimum atomic E-state index is -4.40. The van der Waals surface area contributed by atoms with E-state index < -0.39 is 11.9 Å². The van der Waals surface area contributed by atoms with E-state index in [1.807, 2.05) is 4.90 Å². The SMILES string of the molecule is CC1CC1C(=O)N1CCC(n2ccc(C(F)(F)F)n2)CC1. The minimum Gasteiger partial charge on any atom is -0.342 e. The second kappa shape index (κ2) is 5.03. The molecule has 0 aromatic carbocycles. The minimum absolute atomic E-state index is 0.0539. The molecule has 1 aliphatic heterocycles. The summed E-state index contributed by atoms with van der Waals surface area (Å²) in [6, 6.07) is 0.949. The van der Waals surface area contributed by atoms with Crippen molar-refractivity contribution < 1.29 is 18.0 Å². The lowest BCUT2D eigenvalue weighted by Gasteiger charge is -2.32. The van der Waals surface area contributed by atoms with Crippen molar-refractivity contribution in [3.05, 3.63) is 18.0 Å². The van der Waals surface area contributed by atoms with Crippen LogP contribution in [0.5, 0.6) is 0 Å². The van der Waals surface area contributed by atoms with Crippen molar-refractivity contribution in [1.82, 2.24) is 14.7 Å². The molecule has 1 aliphatic carbocycles. The highest BCUT2D eigenvalue weighted by molar-refractivity contribution is 5.81. The highest BCUT2D eigenvalue weighted by Crippen LogP contribution is 2.40. The second-order valence-corrected chi connectivity index (χ2v) is 6.05. The fraction of sp³-hybridized carbons (Fsp3) is 0.714. The molecule has 1 aromatic heterocycles. The molecule has 4 nitrogen and oxygen atoms in total. The van der Waals surface area contributed by atoms with Gasteiger partial charge in [-0.2, -0.15) is 18.3 Å². The average Bonchev–Trinajstić information content (AvgIpc) is 2.97. The number of carbonyl (C=O) groups is 1. The molecule has 7 heteroatoms. The summed E-state index contributed by atoms with van der Waals surface area (Å²) in [5.74, 6) is 0.858. The standard InChI is InChI=1S/C14H18F3N3O/c1-9-8-11(9)13(21)19-5-2-10(3-6-19)20-7-4-12(18-20)14(15,16)17/h4,7,9-11H,2-3,5-6,8H2,1H3. The van der Waals surface area contributed by atoms with Crippen LogP contribution in [0.1, 0.15) is 37.9 Å². The van der Waals surface area contributed by atoms with E-state index >= 15 is 0 Å². The summed E-state index contributed by atoms with van der Waals surface area (Å²) in [6.07, 6.45) is -0.734. The number of piperidine rings is 1. The van der Waals surface area contributed by atoms with E-state index in [1.54, 1.807) is 0 Å². The molecule has 116 valence electrons. The second-order valence-electron chi connectivity index (χ2n) is 6.05. The molecule has 2 atom stereocenters. The molecule has 2 heterocycles. The van der Waals surface area contributed by atoms with Crippen LogP contribution in [-0.4, -0.2) is 33.7 Å². The lowest BCUT2D eigenvalue weighted by atomic mass is 10.0. The Bertz CT molecular complexity index is 532. The molecule has 0 spiro atoms. The van der Waals surface area contributed by atoms with Crippen LogP contribution >= 0.6 is 0 Å². The molecule has 1 saturated heterocycles. The molecule has 2 unspecified atom stereocenters. The smallest absolute Gasteiger partial charge is 0.342 e. The highest BCUT2D eigenvalue weighted by atomic mass is 19.4. The van der Waals surface area contributed by atoms with E-state index in [1.165, 1.54) is 10.9 Å². The van der Waals surface area contributed by atoms with Gasteiger partial charge in [-0.15, -0.1) is 0 Å². The fourth-order valence-corrected chi connectivity index (χ4v) is 2.94. The van der Waals surface area contributed by atoms with Crippen LogP contribution < -0.4 is 0 Å². The third kappa shape index (κ3) is 2.91. The van der Waals surface area contributed by atoms with Crippen LogP contribution in [0.2, 0.25) is 0 Å². The number of hydrogen-bond donors (Lipinski definition) is 0. The van der Waals surface area contributed by atoms with Crippen molar-refractivity contribution >= 4 is 5.91 Å². The molecular weight excluding hydrogens is 283 g/mol. The van der Waals surface area contributed by atoms with Crippen LogP contribution in [0.3, 0.4) is 0 Å². The predicted molar refractivity (Wildman–Crippen MR) is 69.4 cm³/mol. The van der Waals surface area contributed by atoms with Gasteiger partial charge in [0.1, 0.15) is 0 Å². The molecule has 3 rings (SSSR count). The lowest BCUT2D eigenvalue weighted by molar-refractivity contribution is -0.141. The molecule has 2 aliphatic rings. The number of rotatable bonds is 2. The normalized spacial score (nSPS) is 27.0. The van der Waals surface area contributed by atoms with Gasteiger partial charge in [0.25, 0.3) is 0 Å². The van der Waals surface area contributed by atoms with E-state index in [0.29, 0.717) is 31.8 Å². The van der Waals surface area contributed by atoms with Gasteiger partial charge in [0.2, 0.25) is 5.91 Å². The van der Waals surface area contributed by atoms with Crippen molar-refractivity contribution in [1.29, 1.82) is 0 Å². The van der Waals surface area contributed by atoms with Gasteiger partial charge in [-0.1, -0.05) is 6.92 Å². The number of aromatic nitrogens is 2. The Labute approximate surface area is 120 Å².